The molecule has 0 N–H and O–H groups in total. The Morgan fingerprint density at radius 1 is 1.07 bits per heavy atom. The molecule has 44 heavy (non-hydrogen) atoms. The van der Waals surface area contributed by atoms with Crippen LogP contribution < -0.4 is 19.6 Å². The molecule has 5 aromatic rings. The molecule has 6 nitrogen and oxygen atoms in total. The number of fused-ring (bicyclic) bond motifs is 2. The summed E-state index contributed by atoms with van der Waals surface area (Å²) in [6, 6.07) is 24.0. The smallest absolute Gasteiger partial charge is 0.338 e. The van der Waals surface area contributed by atoms with Crippen molar-refractivity contribution in [1.29, 1.82) is 0 Å². The van der Waals surface area contributed by atoms with E-state index in [1.807, 2.05) is 72.8 Å². The molecule has 1 atom stereocenters. The molecule has 6 rings (SSSR count). The van der Waals surface area contributed by atoms with Gasteiger partial charge in [-0.25, -0.2) is 9.79 Å². The Hall–Kier alpha value is -3.69. The van der Waals surface area contributed by atoms with Crippen LogP contribution in [-0.4, -0.2) is 17.1 Å². The van der Waals surface area contributed by atoms with E-state index in [4.69, 9.17) is 37.7 Å². The molecular weight excluding hydrogens is 683 g/mol. The number of allylic oxidation sites excluding steroid dienone is 1. The number of hydrogen-bond acceptors (Lipinski definition) is 6. The van der Waals surface area contributed by atoms with Gasteiger partial charge in [-0.05, 0) is 82.0 Å². The highest BCUT2D eigenvalue weighted by atomic mass is 79.9. The Labute approximate surface area is 275 Å². The summed E-state index contributed by atoms with van der Waals surface area (Å²) in [4.78, 5) is 32.6. The van der Waals surface area contributed by atoms with Gasteiger partial charge in [0.15, 0.2) is 4.80 Å². The molecule has 10 heteroatoms. The first kappa shape index (κ1) is 30.3. The van der Waals surface area contributed by atoms with Gasteiger partial charge in [-0.2, -0.15) is 0 Å². The van der Waals surface area contributed by atoms with E-state index >= 15 is 0 Å². The lowest BCUT2D eigenvalue weighted by Gasteiger charge is -2.25. The molecule has 1 aliphatic rings. The minimum Gasteiger partial charge on any atom is -0.488 e. The molecule has 222 valence electrons. The molecule has 0 saturated heterocycles. The number of carbonyl (C=O) groups is 1. The van der Waals surface area contributed by atoms with Gasteiger partial charge in [0.05, 0.1) is 32.9 Å². The van der Waals surface area contributed by atoms with Gasteiger partial charge in [0.25, 0.3) is 5.56 Å². The number of aromatic nitrogens is 1. The van der Waals surface area contributed by atoms with Crippen molar-refractivity contribution in [2.45, 2.75) is 26.5 Å². The summed E-state index contributed by atoms with van der Waals surface area (Å²) in [5.74, 6) is 0.139. The van der Waals surface area contributed by atoms with E-state index in [-0.39, 0.29) is 18.8 Å². The summed E-state index contributed by atoms with van der Waals surface area (Å²) in [7, 11) is 0. The monoisotopic (exact) mass is 706 g/mol. The van der Waals surface area contributed by atoms with E-state index in [1.165, 1.54) is 11.3 Å². The van der Waals surface area contributed by atoms with Crippen molar-refractivity contribution in [2.75, 3.05) is 6.61 Å². The molecule has 4 aromatic carbocycles. The molecule has 0 fully saturated rings. The summed E-state index contributed by atoms with van der Waals surface area (Å²) < 4.78 is 14.3. The average Bonchev–Trinajstić information content (AvgIpc) is 3.30. The largest absolute Gasteiger partial charge is 0.488 e. The van der Waals surface area contributed by atoms with Crippen LogP contribution in [0.2, 0.25) is 10.0 Å². The average molecular weight is 708 g/mol. The van der Waals surface area contributed by atoms with Crippen molar-refractivity contribution in [1.82, 2.24) is 4.57 Å². The second-order valence-electron chi connectivity index (χ2n) is 10.1. The third-order valence-electron chi connectivity index (χ3n) is 7.29. The van der Waals surface area contributed by atoms with Crippen LogP contribution in [0.1, 0.15) is 36.6 Å². The van der Waals surface area contributed by atoms with Crippen LogP contribution in [0.15, 0.2) is 104 Å². The number of benzene rings is 4. The number of hydrogen-bond donors (Lipinski definition) is 0. The van der Waals surface area contributed by atoms with E-state index < -0.39 is 12.0 Å². The van der Waals surface area contributed by atoms with Crippen molar-refractivity contribution >= 4 is 73.3 Å². The predicted molar refractivity (Wildman–Crippen MR) is 179 cm³/mol. The summed E-state index contributed by atoms with van der Waals surface area (Å²) in [5, 5.41) is 3.05. The summed E-state index contributed by atoms with van der Waals surface area (Å²) in [5.41, 5.74) is 3.08. The van der Waals surface area contributed by atoms with Crippen LogP contribution in [0.3, 0.4) is 0 Å². The molecule has 2 heterocycles. The fourth-order valence-electron chi connectivity index (χ4n) is 5.24. The Morgan fingerprint density at radius 3 is 2.64 bits per heavy atom. The van der Waals surface area contributed by atoms with Crippen LogP contribution >= 0.6 is 50.5 Å². The number of thiazole rings is 1. The SMILES string of the molecule is CCOC(=O)C1=C(C)N=c2s/c(=C/c3ccc(OCc4ccc(Cl)cc4Cl)c(Br)c3)c(=O)n2[C@@H]1c1cccc2ccccc12. The van der Waals surface area contributed by atoms with Crippen molar-refractivity contribution in [2.24, 2.45) is 4.99 Å². The molecule has 0 aliphatic carbocycles. The third-order valence-corrected chi connectivity index (χ3v) is 9.48. The summed E-state index contributed by atoms with van der Waals surface area (Å²) in [6.07, 6.45) is 1.82. The third kappa shape index (κ3) is 5.87. The zero-order chi connectivity index (χ0) is 31.0. The number of carbonyl (C=O) groups excluding carboxylic acids is 1. The zero-order valence-electron chi connectivity index (χ0n) is 23.6. The van der Waals surface area contributed by atoms with Gasteiger partial charge in [-0.15, -0.1) is 0 Å². The molecule has 0 unspecified atom stereocenters. The number of halogens is 3. The van der Waals surface area contributed by atoms with Gasteiger partial charge in [0.1, 0.15) is 12.4 Å². The number of esters is 1. The van der Waals surface area contributed by atoms with Gasteiger partial charge >= 0.3 is 5.97 Å². The molecular formula is C34H25BrCl2N2O4S. The van der Waals surface area contributed by atoms with Crippen LogP contribution in [0.25, 0.3) is 16.8 Å². The molecule has 0 bridgehead atoms. The topological polar surface area (TPSA) is 69.9 Å². The first-order chi connectivity index (χ1) is 21.2. The van der Waals surface area contributed by atoms with Crippen molar-refractivity contribution in [3.63, 3.8) is 0 Å². The number of nitrogens with zero attached hydrogens (tertiary/aromatic N) is 2. The Kier molecular flexibility index (Phi) is 8.78. The lowest BCUT2D eigenvalue weighted by Crippen LogP contribution is -2.40. The molecule has 0 amide bonds. The van der Waals surface area contributed by atoms with E-state index in [1.54, 1.807) is 30.5 Å². The van der Waals surface area contributed by atoms with Crippen LogP contribution in [0.4, 0.5) is 0 Å². The quantitative estimate of drug-likeness (QED) is 0.164. The predicted octanol–water partition coefficient (Wildman–Crippen LogP) is 7.60. The maximum Gasteiger partial charge on any atom is 0.338 e. The lowest BCUT2D eigenvalue weighted by molar-refractivity contribution is -0.139. The molecule has 0 spiro atoms. The maximum absolute atomic E-state index is 14.1. The maximum atomic E-state index is 14.1. The van der Waals surface area contributed by atoms with Gasteiger partial charge < -0.3 is 9.47 Å². The number of ether oxygens (including phenoxy) is 2. The van der Waals surface area contributed by atoms with Crippen LogP contribution in [0, 0.1) is 0 Å². The lowest BCUT2D eigenvalue weighted by atomic mass is 9.91. The van der Waals surface area contributed by atoms with Crippen LogP contribution in [-0.2, 0) is 16.1 Å². The van der Waals surface area contributed by atoms with Crippen LogP contribution in [0.5, 0.6) is 5.75 Å². The Balaban J connectivity index is 1.41. The summed E-state index contributed by atoms with van der Waals surface area (Å²) >= 11 is 17.2. The highest BCUT2D eigenvalue weighted by Crippen LogP contribution is 2.35. The van der Waals surface area contributed by atoms with Gasteiger partial charge in [-0.3, -0.25) is 9.36 Å². The van der Waals surface area contributed by atoms with Crippen molar-refractivity contribution < 1.29 is 14.3 Å². The fourth-order valence-corrected chi connectivity index (χ4v) is 7.26. The molecule has 0 saturated carbocycles. The second-order valence-corrected chi connectivity index (χ2v) is 12.8. The normalized spacial score (nSPS) is 14.8. The van der Waals surface area contributed by atoms with Crippen molar-refractivity contribution in [3.8, 4) is 5.75 Å². The van der Waals surface area contributed by atoms with Gasteiger partial charge in [0, 0.05) is 15.6 Å². The van der Waals surface area contributed by atoms with Gasteiger partial charge in [0.2, 0.25) is 0 Å². The molecule has 1 aliphatic heterocycles. The minimum atomic E-state index is -0.694. The standard InChI is InChI=1S/C34H25BrCl2N2O4S/c1-3-42-33(41)30-19(2)38-34-39(31(30)25-10-6-8-21-7-4-5-9-24(21)25)32(40)29(44-34)16-20-11-14-28(26(35)15-20)43-18-22-12-13-23(36)17-27(22)37/h4-17,31H,3,18H2,1-2H3/b29-16+/t31-/m1/s1. The zero-order valence-corrected chi connectivity index (χ0v) is 27.6. The first-order valence-corrected chi connectivity index (χ1v) is 16.1. The minimum absolute atomic E-state index is 0.212. The van der Waals surface area contributed by atoms with E-state index in [2.05, 4.69) is 15.9 Å². The van der Waals surface area contributed by atoms with E-state index in [9.17, 15) is 9.59 Å². The highest BCUT2D eigenvalue weighted by molar-refractivity contribution is 9.10. The summed E-state index contributed by atoms with van der Waals surface area (Å²) in [6.45, 7) is 4.03. The van der Waals surface area contributed by atoms with E-state index in [0.717, 1.165) is 31.9 Å². The molecule has 1 aromatic heterocycles. The second kappa shape index (κ2) is 12.7. The van der Waals surface area contributed by atoms with Gasteiger partial charge in [-0.1, -0.05) is 89.1 Å². The van der Waals surface area contributed by atoms with Crippen molar-refractivity contribution in [3.05, 3.63) is 141 Å². The van der Waals surface area contributed by atoms with E-state index in [0.29, 0.717) is 36.4 Å². The Bertz CT molecular complexity index is 2150. The molecule has 0 radical (unpaired) electrons. The number of rotatable bonds is 7. The highest BCUT2D eigenvalue weighted by Gasteiger charge is 2.34. The Morgan fingerprint density at radius 2 is 1.86 bits per heavy atom. The fraction of sp³-hybridized carbons (Fsp3) is 0.147. The first-order valence-electron chi connectivity index (χ1n) is 13.8.